The van der Waals surface area contributed by atoms with Crippen LogP contribution in [-0.2, 0) is 75.6 Å². The molecule has 0 saturated heterocycles. The van der Waals surface area contributed by atoms with E-state index in [2.05, 4.69) is 107 Å². The van der Waals surface area contributed by atoms with Crippen LogP contribution in [0.25, 0.3) is 0 Å². The summed E-state index contributed by atoms with van der Waals surface area (Å²) in [7, 11) is 14.8. The number of hydrogen-bond acceptors (Lipinski definition) is 20. The van der Waals surface area contributed by atoms with Crippen LogP contribution in [0.15, 0.2) is 80.0 Å². The molecule has 0 bridgehead atoms. The molecule has 8 aromatic rings. The predicted octanol–water partition coefficient (Wildman–Crippen LogP) is 1.22. The van der Waals surface area contributed by atoms with Crippen molar-refractivity contribution in [1.82, 2.24) is 93.3 Å². The number of carbonyl (C=O) groups is 12. The average Bonchev–Trinajstić information content (AvgIpc) is 1.77. The number of imidazole rings is 4. The number of aliphatic hydroxyl groups excluding tert-OH is 1. The van der Waals surface area contributed by atoms with Crippen molar-refractivity contribution in [2.45, 2.75) is 64.0 Å². The maximum Gasteiger partial charge on any atom is 0.291 e. The van der Waals surface area contributed by atoms with Crippen molar-refractivity contribution in [1.29, 1.82) is 0 Å². The van der Waals surface area contributed by atoms with E-state index in [0.717, 1.165) is 32.4 Å². The summed E-state index contributed by atoms with van der Waals surface area (Å²) in [6.45, 7) is 3.10. The molecule has 0 aliphatic heterocycles. The largest absolute Gasteiger partial charge is 0.379 e. The number of anilines is 7. The van der Waals surface area contributed by atoms with E-state index in [1.807, 2.05) is 7.05 Å². The van der Waals surface area contributed by atoms with Gasteiger partial charge in [-0.3, -0.25) is 62.9 Å². The molecule has 0 spiro atoms. The molecule has 0 unspecified atom stereocenters. The minimum atomic E-state index is -0.829. The van der Waals surface area contributed by atoms with Crippen molar-refractivity contribution in [3.05, 3.63) is 126 Å². The van der Waals surface area contributed by atoms with Crippen LogP contribution >= 0.6 is 12.6 Å². The number of hydrogen-bond donors (Lipinski definition) is 15. The van der Waals surface area contributed by atoms with Crippen molar-refractivity contribution < 1.29 is 62.6 Å². The van der Waals surface area contributed by atoms with Gasteiger partial charge in [0.25, 0.3) is 47.3 Å². The summed E-state index contributed by atoms with van der Waals surface area (Å²) < 4.78 is 11.8. The van der Waals surface area contributed by atoms with E-state index in [9.17, 15) is 62.6 Å². The van der Waals surface area contributed by atoms with Crippen LogP contribution in [0.3, 0.4) is 0 Å². The molecule has 40 heteroatoms. The minimum Gasteiger partial charge on any atom is -0.379 e. The third kappa shape index (κ3) is 23.7. The lowest BCUT2D eigenvalue weighted by Crippen LogP contribution is -2.36. The number of aryl methyl sites for hydroxylation is 8. The van der Waals surface area contributed by atoms with E-state index >= 15 is 0 Å². The van der Waals surface area contributed by atoms with E-state index in [1.165, 1.54) is 88.8 Å². The topological polar surface area (TPSA) is 476 Å². The quantitative estimate of drug-likeness (QED) is 0.0146. The summed E-state index contributed by atoms with van der Waals surface area (Å²) >= 11 is 4.07. The van der Waals surface area contributed by atoms with Crippen molar-refractivity contribution in [2.75, 3.05) is 102 Å². The molecular weight excluding hydrogens is 1420 g/mol. The molecule has 0 fully saturated rings. The molecule has 0 aromatic carbocycles. The van der Waals surface area contributed by atoms with Gasteiger partial charge in [0.2, 0.25) is 41.1 Å². The molecule has 14 N–H and O–H groups in total. The first-order valence-corrected chi connectivity index (χ1v) is 35.1. The number of nitrogens with one attached hydrogen (secondary N) is 13. The lowest BCUT2D eigenvalue weighted by Gasteiger charge is -2.18. The van der Waals surface area contributed by atoms with Crippen LogP contribution in [0, 0.1) is 0 Å². The zero-order chi connectivity index (χ0) is 78.3. The van der Waals surface area contributed by atoms with E-state index in [1.54, 1.807) is 84.1 Å². The summed E-state index contributed by atoms with van der Waals surface area (Å²) in [6, 6.07) is 5.87. The molecule has 108 heavy (non-hydrogen) atoms. The first kappa shape index (κ1) is 81.5. The van der Waals surface area contributed by atoms with Crippen LogP contribution in [-0.4, -0.2) is 209 Å². The first-order valence-electron chi connectivity index (χ1n) is 34.5. The van der Waals surface area contributed by atoms with E-state index in [4.69, 9.17) is 0 Å². The van der Waals surface area contributed by atoms with Crippen LogP contribution < -0.4 is 69.1 Å². The molecule has 0 saturated carbocycles. The third-order valence-corrected chi connectivity index (χ3v) is 16.8. The van der Waals surface area contributed by atoms with Crippen molar-refractivity contribution >= 4 is 124 Å². The minimum absolute atomic E-state index is 0.0119. The molecule has 39 nitrogen and oxygen atoms in total. The maximum atomic E-state index is 13.4. The lowest BCUT2D eigenvalue weighted by atomic mass is 10.2. The second kappa shape index (κ2) is 38.7. The van der Waals surface area contributed by atoms with Crippen LogP contribution in [0.4, 0.5) is 40.2 Å². The number of aliphatic hydroxyl groups is 1. The fraction of sp³-hybridized carbons (Fsp3) is 0.412. The summed E-state index contributed by atoms with van der Waals surface area (Å²) in [6.07, 6.45) is 16.0. The highest BCUT2D eigenvalue weighted by Crippen LogP contribution is 2.21. The van der Waals surface area contributed by atoms with Crippen molar-refractivity contribution in [3.8, 4) is 0 Å². The number of aromatic nitrogens is 12. The molecule has 0 radical (unpaired) electrons. The Bertz CT molecular complexity index is 4580. The Morgan fingerprint density at radius 1 is 0.389 bits per heavy atom. The second-order valence-corrected chi connectivity index (χ2v) is 25.9. The Morgan fingerprint density at radius 3 is 1.16 bits per heavy atom. The fourth-order valence-corrected chi connectivity index (χ4v) is 11.3. The summed E-state index contributed by atoms with van der Waals surface area (Å²) in [5, 5.41) is 45.9. The summed E-state index contributed by atoms with van der Waals surface area (Å²) in [4.78, 5) is 174. The highest BCUT2D eigenvalue weighted by molar-refractivity contribution is 7.80. The SMILES string of the molecule is CN(CCCCNC(=O)CCS)CCCN[C@H](O)CCNC(=O)c1cc(NC(=O)c2nc(NC(=O)CCNC(=O)c3cc(NC(=O)c4nc(NC(=O)CCCNC(=O)c5cc(NC(=O)c6nc(NC(=O)CCNC(=O)c7cc(NC(=O)c8nccn8C)cn7C)cn6C)cn5C)cn4C)cn3C)cn2C)cn1C. The van der Waals surface area contributed by atoms with E-state index in [0.29, 0.717) is 36.6 Å². The molecule has 8 rings (SSSR count). The van der Waals surface area contributed by atoms with Crippen LogP contribution in [0.2, 0.25) is 0 Å². The van der Waals surface area contributed by atoms with Gasteiger partial charge in [-0.2, -0.15) is 12.6 Å². The van der Waals surface area contributed by atoms with Gasteiger partial charge >= 0.3 is 0 Å². The van der Waals surface area contributed by atoms with Gasteiger partial charge in [-0.1, -0.05) is 0 Å². The molecule has 578 valence electrons. The monoisotopic (exact) mass is 1510 g/mol. The second-order valence-electron chi connectivity index (χ2n) is 25.5. The number of thiol groups is 1. The molecule has 8 aromatic heterocycles. The van der Waals surface area contributed by atoms with Gasteiger partial charge in [-0.25, -0.2) is 19.9 Å². The van der Waals surface area contributed by atoms with E-state index < -0.39 is 71.2 Å². The number of amides is 12. The average molecular weight is 1510 g/mol. The molecule has 12 amide bonds. The Balaban J connectivity index is 0.680. The Labute approximate surface area is 625 Å². The van der Waals surface area contributed by atoms with Gasteiger partial charge in [0.1, 0.15) is 29.0 Å². The maximum absolute atomic E-state index is 13.4. The van der Waals surface area contributed by atoms with Gasteiger partial charge in [0.15, 0.2) is 23.3 Å². The molecule has 1 atom stereocenters. The normalized spacial score (nSPS) is 11.4. The standard InChI is InChI=1S/C68H92N26O13S/c1-86(26-11-10-19-69-53(96)18-29-108)27-13-21-70-52(95)15-22-73-62(101)47-32-43(36-90(47)5)79-68(107)60-85-51(40-94(60)9)82-56(99)17-24-75-64(103)48-33-44(37-91(48)6)78-66(105)58-83-49(38-92(58)7)80-54(97)14-12-20-72-61(100)45-31-42(35-88(45)3)77-67(106)59-84-50(39-93(59)8)81-55(98)16-23-74-63(102)46-30-41(34-89(46)4)76-65(104)57-71-25-28-87(57)2/h25,28,30-40,52,70,95,108H,10-24,26-27,29H2,1-9H3,(H,69,96)(H,72,100)(H,73,101)(H,74,102)(H,75,103)(H,76,104)(H,77,106)(H,78,105)(H,79,107)(H,80,97)(H,81,98)(H,82,99)/t52-/m1/s1. The molecule has 0 aliphatic carbocycles. The number of nitrogens with zero attached hydrogens (tertiary/aromatic N) is 13. The van der Waals surface area contributed by atoms with E-state index in [-0.39, 0.29) is 139 Å². The third-order valence-electron chi connectivity index (χ3n) is 16.6. The Morgan fingerprint density at radius 2 is 0.759 bits per heavy atom. The number of carbonyl (C=O) groups excluding carboxylic acids is 12. The van der Waals surface area contributed by atoms with Gasteiger partial charge in [0.05, 0.1) is 22.7 Å². The number of rotatable bonds is 40. The first-order chi connectivity index (χ1) is 51.5. The van der Waals surface area contributed by atoms with Gasteiger partial charge < -0.3 is 110 Å². The molecule has 0 aliphatic rings. The molecular formula is C68H92N26O13S. The zero-order valence-electron chi connectivity index (χ0n) is 61.4. The summed E-state index contributed by atoms with van der Waals surface area (Å²) in [5.74, 6) is -4.96. The lowest BCUT2D eigenvalue weighted by molar-refractivity contribution is -0.121. The van der Waals surface area contributed by atoms with Gasteiger partial charge in [-0.15, -0.1) is 0 Å². The zero-order valence-corrected chi connectivity index (χ0v) is 62.3. The van der Waals surface area contributed by atoms with Crippen molar-refractivity contribution in [3.63, 3.8) is 0 Å². The Hall–Kier alpha value is -12.2. The Kier molecular flexibility index (Phi) is 29.2. The highest BCUT2D eigenvalue weighted by atomic mass is 32.1. The fourth-order valence-electron chi connectivity index (χ4n) is 11.1. The van der Waals surface area contributed by atoms with Crippen LogP contribution in [0.1, 0.15) is 142 Å². The summed E-state index contributed by atoms with van der Waals surface area (Å²) in [5.41, 5.74) is 2.05. The van der Waals surface area contributed by atoms with Gasteiger partial charge in [0, 0.05) is 177 Å². The number of unbranched alkanes of at least 4 members (excludes halogenated alkanes) is 1. The van der Waals surface area contributed by atoms with Gasteiger partial charge in [-0.05, 0) is 82.4 Å². The highest BCUT2D eigenvalue weighted by Gasteiger charge is 2.24. The van der Waals surface area contributed by atoms with Crippen molar-refractivity contribution in [2.24, 2.45) is 56.4 Å². The van der Waals surface area contributed by atoms with Crippen LogP contribution in [0.5, 0.6) is 0 Å². The predicted molar refractivity (Wildman–Crippen MR) is 401 cm³/mol. The molecule has 8 heterocycles. The smallest absolute Gasteiger partial charge is 0.291 e.